The number of rotatable bonds is 5. The van der Waals surface area contributed by atoms with Crippen molar-refractivity contribution in [2.45, 2.75) is 26.3 Å². The predicted molar refractivity (Wildman–Crippen MR) is 64.5 cm³/mol. The van der Waals surface area contributed by atoms with Gasteiger partial charge in [-0.1, -0.05) is 6.92 Å². The van der Waals surface area contributed by atoms with Gasteiger partial charge < -0.3 is 15.8 Å². The van der Waals surface area contributed by atoms with Crippen LogP contribution in [-0.2, 0) is 4.79 Å². The average molecular weight is 222 g/mol. The average Bonchev–Trinajstić information content (AvgIpc) is 2.31. The fraction of sp³-hybridized carbons (Fsp3) is 0.417. The van der Waals surface area contributed by atoms with E-state index in [1.165, 1.54) is 0 Å². The van der Waals surface area contributed by atoms with Gasteiger partial charge in [-0.05, 0) is 37.6 Å². The summed E-state index contributed by atoms with van der Waals surface area (Å²) in [6, 6.07) is 6.77. The molecular formula is C12H18N2O2. The highest BCUT2D eigenvalue weighted by atomic mass is 16.5. The Labute approximate surface area is 95.8 Å². The molecule has 1 rings (SSSR count). The van der Waals surface area contributed by atoms with E-state index in [0.717, 1.165) is 11.4 Å². The van der Waals surface area contributed by atoms with Crippen molar-refractivity contribution >= 4 is 11.6 Å². The third-order valence-electron chi connectivity index (χ3n) is 2.21. The van der Waals surface area contributed by atoms with Gasteiger partial charge in [0.05, 0.1) is 12.6 Å². The van der Waals surface area contributed by atoms with Crippen molar-refractivity contribution in [1.82, 2.24) is 0 Å². The molecule has 0 bridgehead atoms. The lowest BCUT2D eigenvalue weighted by Crippen LogP contribution is -2.34. The zero-order valence-electron chi connectivity index (χ0n) is 9.69. The summed E-state index contributed by atoms with van der Waals surface area (Å²) in [5.74, 6) is 0.631. The maximum atomic E-state index is 11.5. The Morgan fingerprint density at radius 1 is 1.38 bits per heavy atom. The van der Waals surface area contributed by atoms with Gasteiger partial charge >= 0.3 is 0 Å². The standard InChI is InChI=1S/C12H18N2O2/c1-3-11(13)12(15)14-9-5-7-10(8-6-9)16-4-2/h5-8,11H,3-4,13H2,1-2H3,(H,14,15). The van der Waals surface area contributed by atoms with Crippen molar-refractivity contribution in [3.05, 3.63) is 24.3 Å². The molecule has 0 aromatic heterocycles. The highest BCUT2D eigenvalue weighted by Crippen LogP contribution is 2.15. The van der Waals surface area contributed by atoms with Crippen molar-refractivity contribution in [1.29, 1.82) is 0 Å². The fourth-order valence-electron chi connectivity index (χ4n) is 1.22. The monoisotopic (exact) mass is 222 g/mol. The topological polar surface area (TPSA) is 64.3 Å². The van der Waals surface area contributed by atoms with E-state index < -0.39 is 6.04 Å². The second kappa shape index (κ2) is 6.12. The van der Waals surface area contributed by atoms with Crippen LogP contribution in [0.1, 0.15) is 20.3 Å². The molecule has 88 valence electrons. The maximum Gasteiger partial charge on any atom is 0.241 e. The van der Waals surface area contributed by atoms with Gasteiger partial charge in [0, 0.05) is 5.69 Å². The van der Waals surface area contributed by atoms with E-state index in [4.69, 9.17) is 10.5 Å². The zero-order valence-corrected chi connectivity index (χ0v) is 9.69. The Hall–Kier alpha value is -1.55. The Kier molecular flexibility index (Phi) is 4.79. The van der Waals surface area contributed by atoms with Crippen LogP contribution in [0.3, 0.4) is 0 Å². The molecular weight excluding hydrogens is 204 g/mol. The molecule has 0 saturated heterocycles. The number of anilines is 1. The number of ether oxygens (including phenoxy) is 1. The summed E-state index contributed by atoms with van der Waals surface area (Å²) >= 11 is 0. The summed E-state index contributed by atoms with van der Waals surface area (Å²) in [5, 5.41) is 2.74. The molecule has 1 atom stereocenters. The molecule has 0 spiro atoms. The quantitative estimate of drug-likeness (QED) is 0.798. The van der Waals surface area contributed by atoms with Crippen LogP contribution in [0.4, 0.5) is 5.69 Å². The van der Waals surface area contributed by atoms with Crippen LogP contribution in [0.25, 0.3) is 0 Å². The lowest BCUT2D eigenvalue weighted by atomic mass is 10.2. The summed E-state index contributed by atoms with van der Waals surface area (Å²) in [5.41, 5.74) is 6.34. The molecule has 1 aromatic rings. The molecule has 0 aliphatic heterocycles. The molecule has 1 amide bonds. The Morgan fingerprint density at radius 2 is 2.00 bits per heavy atom. The minimum Gasteiger partial charge on any atom is -0.494 e. The molecule has 4 nitrogen and oxygen atoms in total. The number of hydrogen-bond donors (Lipinski definition) is 2. The summed E-state index contributed by atoms with van der Waals surface area (Å²) in [6.45, 7) is 4.44. The highest BCUT2D eigenvalue weighted by Gasteiger charge is 2.10. The highest BCUT2D eigenvalue weighted by molar-refractivity contribution is 5.94. The Morgan fingerprint density at radius 3 is 2.50 bits per heavy atom. The zero-order chi connectivity index (χ0) is 12.0. The van der Waals surface area contributed by atoms with Gasteiger partial charge in [-0.3, -0.25) is 4.79 Å². The lowest BCUT2D eigenvalue weighted by Gasteiger charge is -2.10. The maximum absolute atomic E-state index is 11.5. The first-order chi connectivity index (χ1) is 7.67. The molecule has 1 unspecified atom stereocenters. The Balaban J connectivity index is 2.58. The molecule has 0 radical (unpaired) electrons. The van der Waals surface area contributed by atoms with Crippen LogP contribution in [0.5, 0.6) is 5.75 Å². The second-order valence-corrected chi connectivity index (χ2v) is 3.46. The minimum absolute atomic E-state index is 0.161. The van der Waals surface area contributed by atoms with E-state index in [1.807, 2.05) is 26.0 Å². The van der Waals surface area contributed by atoms with Crippen molar-refractivity contribution in [3.63, 3.8) is 0 Å². The van der Waals surface area contributed by atoms with Crippen molar-refractivity contribution in [2.24, 2.45) is 5.73 Å². The fourth-order valence-corrected chi connectivity index (χ4v) is 1.22. The van der Waals surface area contributed by atoms with Gasteiger partial charge in [-0.15, -0.1) is 0 Å². The SMILES string of the molecule is CCOc1ccc(NC(=O)C(N)CC)cc1. The second-order valence-electron chi connectivity index (χ2n) is 3.46. The molecule has 16 heavy (non-hydrogen) atoms. The van der Waals surface area contributed by atoms with Crippen LogP contribution in [0.2, 0.25) is 0 Å². The van der Waals surface area contributed by atoms with Crippen LogP contribution in [-0.4, -0.2) is 18.6 Å². The smallest absolute Gasteiger partial charge is 0.241 e. The van der Waals surface area contributed by atoms with E-state index in [9.17, 15) is 4.79 Å². The van der Waals surface area contributed by atoms with Crippen LogP contribution >= 0.6 is 0 Å². The van der Waals surface area contributed by atoms with Gasteiger partial charge in [0.25, 0.3) is 0 Å². The number of benzene rings is 1. The summed E-state index contributed by atoms with van der Waals surface area (Å²) in [7, 11) is 0. The molecule has 4 heteroatoms. The number of carbonyl (C=O) groups is 1. The van der Waals surface area contributed by atoms with E-state index in [0.29, 0.717) is 13.0 Å². The largest absolute Gasteiger partial charge is 0.494 e. The van der Waals surface area contributed by atoms with E-state index in [-0.39, 0.29) is 5.91 Å². The van der Waals surface area contributed by atoms with Gasteiger partial charge in [-0.2, -0.15) is 0 Å². The van der Waals surface area contributed by atoms with Crippen LogP contribution in [0.15, 0.2) is 24.3 Å². The van der Waals surface area contributed by atoms with Crippen LogP contribution in [0, 0.1) is 0 Å². The van der Waals surface area contributed by atoms with Crippen molar-refractivity contribution < 1.29 is 9.53 Å². The summed E-state index contributed by atoms with van der Waals surface area (Å²) in [4.78, 5) is 11.5. The number of hydrogen-bond acceptors (Lipinski definition) is 3. The number of nitrogens with one attached hydrogen (secondary N) is 1. The third kappa shape index (κ3) is 3.55. The third-order valence-corrected chi connectivity index (χ3v) is 2.21. The molecule has 3 N–H and O–H groups in total. The van der Waals surface area contributed by atoms with Gasteiger partial charge in [0.1, 0.15) is 5.75 Å². The Bertz CT molecular complexity index is 335. The predicted octanol–water partition coefficient (Wildman–Crippen LogP) is 1.76. The van der Waals surface area contributed by atoms with E-state index >= 15 is 0 Å². The van der Waals surface area contributed by atoms with Gasteiger partial charge in [0.2, 0.25) is 5.91 Å². The first kappa shape index (κ1) is 12.5. The lowest BCUT2D eigenvalue weighted by molar-refractivity contribution is -0.117. The molecule has 1 aromatic carbocycles. The molecule has 0 fully saturated rings. The van der Waals surface area contributed by atoms with Gasteiger partial charge in [0.15, 0.2) is 0 Å². The first-order valence-electron chi connectivity index (χ1n) is 5.46. The number of carbonyl (C=O) groups excluding carboxylic acids is 1. The van der Waals surface area contributed by atoms with E-state index in [1.54, 1.807) is 12.1 Å². The minimum atomic E-state index is -0.452. The number of amides is 1. The molecule has 0 aliphatic rings. The number of nitrogens with two attached hydrogens (primary N) is 1. The first-order valence-corrected chi connectivity index (χ1v) is 5.46. The van der Waals surface area contributed by atoms with E-state index in [2.05, 4.69) is 5.32 Å². The van der Waals surface area contributed by atoms with Gasteiger partial charge in [-0.25, -0.2) is 0 Å². The molecule has 0 heterocycles. The normalized spacial score (nSPS) is 11.9. The summed E-state index contributed by atoms with van der Waals surface area (Å²) < 4.78 is 5.30. The molecule has 0 saturated carbocycles. The van der Waals surface area contributed by atoms with Crippen molar-refractivity contribution in [2.75, 3.05) is 11.9 Å². The van der Waals surface area contributed by atoms with Crippen molar-refractivity contribution in [3.8, 4) is 5.75 Å². The molecule has 0 aliphatic carbocycles. The van der Waals surface area contributed by atoms with Crippen LogP contribution < -0.4 is 15.8 Å². The summed E-state index contributed by atoms with van der Waals surface area (Å²) in [6.07, 6.45) is 0.628.